The number of H-pyrrole nitrogens is 1. The van der Waals surface area contributed by atoms with Gasteiger partial charge in [0.15, 0.2) is 0 Å². The van der Waals surface area contributed by atoms with Gasteiger partial charge >= 0.3 is 0 Å². The molecular formula is C20H24N2O3. The molecule has 1 aromatic carbocycles. The van der Waals surface area contributed by atoms with Crippen molar-refractivity contribution < 1.29 is 9.53 Å². The maximum Gasteiger partial charge on any atom is 0.248 e. The SMILES string of the molecule is COc1cccc(CCC(=O)N2CCC(c3cc[nH]c(=O)c3)CC2)c1. The Bertz CT molecular complexity index is 776. The number of piperidine rings is 1. The van der Waals surface area contributed by atoms with Crippen molar-refractivity contribution in [1.82, 2.24) is 9.88 Å². The van der Waals surface area contributed by atoms with Crippen molar-refractivity contribution in [2.24, 2.45) is 0 Å². The van der Waals surface area contributed by atoms with Crippen LogP contribution in [0.2, 0.25) is 0 Å². The number of carbonyl (C=O) groups is 1. The number of pyridine rings is 1. The van der Waals surface area contributed by atoms with Gasteiger partial charge in [0.1, 0.15) is 5.75 Å². The number of nitrogens with one attached hydrogen (secondary N) is 1. The van der Waals surface area contributed by atoms with Crippen molar-refractivity contribution in [3.63, 3.8) is 0 Å². The molecule has 132 valence electrons. The van der Waals surface area contributed by atoms with Crippen LogP contribution >= 0.6 is 0 Å². The summed E-state index contributed by atoms with van der Waals surface area (Å²) in [5.41, 5.74) is 2.13. The van der Waals surface area contributed by atoms with Gasteiger partial charge in [-0.25, -0.2) is 0 Å². The van der Waals surface area contributed by atoms with Crippen molar-refractivity contribution in [2.45, 2.75) is 31.6 Å². The second kappa shape index (κ2) is 8.01. The average molecular weight is 340 g/mol. The van der Waals surface area contributed by atoms with Gasteiger partial charge in [-0.1, -0.05) is 12.1 Å². The summed E-state index contributed by atoms with van der Waals surface area (Å²) in [7, 11) is 1.65. The normalized spacial score (nSPS) is 15.2. The van der Waals surface area contributed by atoms with Crippen molar-refractivity contribution >= 4 is 5.91 Å². The number of carbonyl (C=O) groups excluding carboxylic acids is 1. The van der Waals surface area contributed by atoms with E-state index in [1.807, 2.05) is 35.2 Å². The van der Waals surface area contributed by atoms with Crippen molar-refractivity contribution in [2.75, 3.05) is 20.2 Å². The Labute approximate surface area is 147 Å². The van der Waals surface area contributed by atoms with Crippen LogP contribution in [-0.2, 0) is 11.2 Å². The average Bonchev–Trinajstić information content (AvgIpc) is 2.66. The Kier molecular flexibility index (Phi) is 5.53. The second-order valence-electron chi connectivity index (χ2n) is 6.49. The molecule has 0 atom stereocenters. The molecule has 1 fully saturated rings. The lowest BCUT2D eigenvalue weighted by Gasteiger charge is -2.32. The molecule has 1 saturated heterocycles. The number of aromatic nitrogens is 1. The quantitative estimate of drug-likeness (QED) is 0.910. The molecule has 0 bridgehead atoms. The lowest BCUT2D eigenvalue weighted by molar-refractivity contribution is -0.132. The highest BCUT2D eigenvalue weighted by Crippen LogP contribution is 2.27. The number of nitrogens with zero attached hydrogens (tertiary/aromatic N) is 1. The Morgan fingerprint density at radius 1 is 1.24 bits per heavy atom. The van der Waals surface area contributed by atoms with E-state index < -0.39 is 0 Å². The molecule has 3 rings (SSSR count). The summed E-state index contributed by atoms with van der Waals surface area (Å²) in [5, 5.41) is 0. The topological polar surface area (TPSA) is 62.4 Å². The Morgan fingerprint density at radius 3 is 2.76 bits per heavy atom. The number of aryl methyl sites for hydroxylation is 1. The molecular weight excluding hydrogens is 316 g/mol. The highest BCUT2D eigenvalue weighted by molar-refractivity contribution is 5.76. The second-order valence-corrected chi connectivity index (χ2v) is 6.49. The largest absolute Gasteiger partial charge is 0.497 e. The Hall–Kier alpha value is -2.56. The molecule has 5 nitrogen and oxygen atoms in total. The summed E-state index contributed by atoms with van der Waals surface area (Å²) in [6.07, 6.45) is 4.76. The van der Waals surface area contributed by atoms with Crippen LogP contribution in [0.4, 0.5) is 0 Å². The van der Waals surface area contributed by atoms with Gasteiger partial charge in [0, 0.05) is 31.8 Å². The predicted octanol–water partition coefficient (Wildman–Crippen LogP) is 2.72. The molecule has 1 aliphatic rings. The van der Waals surface area contributed by atoms with Crippen LogP contribution in [0.15, 0.2) is 47.4 Å². The van der Waals surface area contributed by atoms with Crippen LogP contribution in [-0.4, -0.2) is 36.0 Å². The van der Waals surface area contributed by atoms with Crippen molar-refractivity contribution in [3.8, 4) is 5.75 Å². The maximum atomic E-state index is 12.5. The summed E-state index contributed by atoms with van der Waals surface area (Å²) < 4.78 is 5.22. The Morgan fingerprint density at radius 2 is 2.04 bits per heavy atom. The minimum absolute atomic E-state index is 0.0608. The molecule has 5 heteroatoms. The molecule has 0 radical (unpaired) electrons. The molecule has 1 N–H and O–H groups in total. The minimum atomic E-state index is -0.0608. The van der Waals surface area contributed by atoms with E-state index in [0.717, 1.165) is 49.2 Å². The summed E-state index contributed by atoms with van der Waals surface area (Å²) >= 11 is 0. The van der Waals surface area contributed by atoms with Crippen LogP contribution in [0.1, 0.15) is 36.3 Å². The number of benzene rings is 1. The van der Waals surface area contributed by atoms with E-state index in [4.69, 9.17) is 4.74 Å². The number of hydrogen-bond acceptors (Lipinski definition) is 3. The van der Waals surface area contributed by atoms with Gasteiger partial charge < -0.3 is 14.6 Å². The van der Waals surface area contributed by atoms with Crippen LogP contribution in [0.25, 0.3) is 0 Å². The third-order valence-electron chi connectivity index (χ3n) is 4.88. The van der Waals surface area contributed by atoms with E-state index in [1.54, 1.807) is 19.4 Å². The van der Waals surface area contributed by atoms with Gasteiger partial charge in [0.05, 0.1) is 7.11 Å². The van der Waals surface area contributed by atoms with E-state index in [-0.39, 0.29) is 11.5 Å². The zero-order chi connectivity index (χ0) is 17.6. The highest BCUT2D eigenvalue weighted by Gasteiger charge is 2.23. The van der Waals surface area contributed by atoms with E-state index in [2.05, 4.69) is 4.98 Å². The Balaban J connectivity index is 1.50. The molecule has 2 aromatic rings. The third kappa shape index (κ3) is 4.50. The fourth-order valence-electron chi connectivity index (χ4n) is 3.41. The zero-order valence-electron chi connectivity index (χ0n) is 14.5. The molecule has 0 unspecified atom stereocenters. The van der Waals surface area contributed by atoms with Gasteiger partial charge in [0.25, 0.3) is 0 Å². The highest BCUT2D eigenvalue weighted by atomic mass is 16.5. The van der Waals surface area contributed by atoms with Gasteiger partial charge in [-0.3, -0.25) is 9.59 Å². The third-order valence-corrected chi connectivity index (χ3v) is 4.88. The summed E-state index contributed by atoms with van der Waals surface area (Å²) in [4.78, 5) is 28.5. The number of amides is 1. The van der Waals surface area contributed by atoms with Gasteiger partial charge in [-0.15, -0.1) is 0 Å². The van der Waals surface area contributed by atoms with E-state index in [9.17, 15) is 9.59 Å². The molecule has 1 amide bonds. The first kappa shape index (κ1) is 17.3. The number of methoxy groups -OCH3 is 1. The zero-order valence-corrected chi connectivity index (χ0v) is 14.5. The molecule has 25 heavy (non-hydrogen) atoms. The van der Waals surface area contributed by atoms with Crippen LogP contribution in [0.3, 0.4) is 0 Å². The molecule has 0 aliphatic carbocycles. The van der Waals surface area contributed by atoms with Crippen molar-refractivity contribution in [3.05, 3.63) is 64.1 Å². The first-order valence-electron chi connectivity index (χ1n) is 8.75. The number of likely N-dealkylation sites (tertiary alicyclic amines) is 1. The molecule has 2 heterocycles. The summed E-state index contributed by atoms with van der Waals surface area (Å²) in [6.45, 7) is 1.52. The van der Waals surface area contributed by atoms with Crippen LogP contribution in [0, 0.1) is 0 Å². The standard InChI is InChI=1S/C20H24N2O3/c1-25-18-4-2-3-15(13-18)5-6-20(24)22-11-8-16(9-12-22)17-7-10-21-19(23)14-17/h2-4,7,10,13-14,16H,5-6,8-9,11-12H2,1H3,(H,21,23). The fraction of sp³-hybridized carbons (Fsp3) is 0.400. The number of rotatable bonds is 5. The summed E-state index contributed by atoms with van der Waals surface area (Å²) in [5.74, 6) is 1.39. The first-order valence-corrected chi connectivity index (χ1v) is 8.75. The van der Waals surface area contributed by atoms with Gasteiger partial charge in [0.2, 0.25) is 11.5 Å². The number of aromatic amines is 1. The van der Waals surface area contributed by atoms with E-state index in [0.29, 0.717) is 12.3 Å². The van der Waals surface area contributed by atoms with Crippen molar-refractivity contribution in [1.29, 1.82) is 0 Å². The smallest absolute Gasteiger partial charge is 0.248 e. The monoisotopic (exact) mass is 340 g/mol. The maximum absolute atomic E-state index is 12.5. The van der Waals surface area contributed by atoms with Gasteiger partial charge in [-0.05, 0) is 54.5 Å². The number of hydrogen-bond donors (Lipinski definition) is 1. The van der Waals surface area contributed by atoms with E-state index in [1.165, 1.54) is 0 Å². The lowest BCUT2D eigenvalue weighted by Crippen LogP contribution is -2.38. The van der Waals surface area contributed by atoms with Crippen LogP contribution in [0.5, 0.6) is 5.75 Å². The molecule has 1 aromatic heterocycles. The predicted molar refractivity (Wildman–Crippen MR) is 96.9 cm³/mol. The fourth-order valence-corrected chi connectivity index (χ4v) is 3.41. The molecule has 1 aliphatic heterocycles. The van der Waals surface area contributed by atoms with Gasteiger partial charge in [-0.2, -0.15) is 0 Å². The first-order chi connectivity index (χ1) is 12.2. The molecule has 0 saturated carbocycles. The summed E-state index contributed by atoms with van der Waals surface area (Å²) in [6, 6.07) is 11.5. The van der Waals surface area contributed by atoms with E-state index >= 15 is 0 Å². The lowest BCUT2D eigenvalue weighted by atomic mass is 9.90. The minimum Gasteiger partial charge on any atom is -0.497 e. The van der Waals surface area contributed by atoms with Crippen LogP contribution < -0.4 is 10.3 Å². The molecule has 0 spiro atoms. The number of ether oxygens (including phenoxy) is 1.